The van der Waals surface area contributed by atoms with Gasteiger partial charge in [-0.05, 0) is 96.4 Å². The molecule has 0 saturated heterocycles. The fourth-order valence-corrected chi connectivity index (χ4v) is 9.09. The van der Waals surface area contributed by atoms with E-state index in [4.69, 9.17) is 10.7 Å². The summed E-state index contributed by atoms with van der Waals surface area (Å²) in [6.45, 7) is 0. The molecule has 9 aromatic rings. The Balaban J connectivity index is 0.997. The molecular formula is C59H44N2. The van der Waals surface area contributed by atoms with Gasteiger partial charge in [-0.25, -0.2) is 4.99 Å². The van der Waals surface area contributed by atoms with Gasteiger partial charge in [-0.1, -0.05) is 231 Å². The number of hydrogen-bond donors (Lipinski definition) is 1. The molecule has 0 aliphatic heterocycles. The second-order valence-corrected chi connectivity index (χ2v) is 15.7. The molecule has 0 heterocycles. The van der Waals surface area contributed by atoms with Gasteiger partial charge in [0.05, 0.1) is 11.1 Å². The van der Waals surface area contributed by atoms with Gasteiger partial charge >= 0.3 is 0 Å². The summed E-state index contributed by atoms with van der Waals surface area (Å²) in [7, 11) is 0. The molecule has 2 N–H and O–H groups in total. The third-order valence-corrected chi connectivity index (χ3v) is 12.0. The predicted molar refractivity (Wildman–Crippen MR) is 255 cm³/mol. The minimum atomic E-state index is -0.442. The van der Waals surface area contributed by atoms with Crippen LogP contribution in [0.2, 0.25) is 0 Å². The van der Waals surface area contributed by atoms with Crippen molar-refractivity contribution in [3.8, 4) is 44.5 Å². The Morgan fingerprint density at radius 1 is 0.393 bits per heavy atom. The second kappa shape index (κ2) is 16.4. The molecule has 0 bridgehead atoms. The number of fused-ring (bicyclic) bond motifs is 3. The molecule has 0 aromatic heterocycles. The number of rotatable bonds is 10. The maximum Gasteiger partial charge on any atom is 0.131 e. The Morgan fingerprint density at radius 2 is 0.885 bits per heavy atom. The molecule has 0 saturated carbocycles. The molecule has 1 aliphatic rings. The zero-order chi connectivity index (χ0) is 41.0. The van der Waals surface area contributed by atoms with Crippen LogP contribution in [0.15, 0.2) is 248 Å². The topological polar surface area (TPSA) is 38.4 Å². The third kappa shape index (κ3) is 7.19. The van der Waals surface area contributed by atoms with Crippen LogP contribution >= 0.6 is 0 Å². The fourth-order valence-electron chi connectivity index (χ4n) is 9.09. The third-order valence-electron chi connectivity index (χ3n) is 12.0. The minimum Gasteiger partial charge on any atom is -0.383 e. The Hall–Kier alpha value is -7.81. The standard InChI is InChI=1S/C59H44N2/c60-58(46-20-7-2-8-21-46)61-57(45-34-32-44(33-35-45)43-18-5-1-6-19-43)38-31-42-17-15-22-47(39-42)48-23-16-24-49(40-48)50-36-37-54-53-29-13-14-30-55(53)59(56(54)41-50,51-25-9-3-10-26-51)52-27-11-4-12-28-52/h1-30,32-41H,31H2,(H2,60,61)/b57-38-. The van der Waals surface area contributed by atoms with E-state index in [0.717, 1.165) is 22.4 Å². The van der Waals surface area contributed by atoms with E-state index >= 15 is 0 Å². The van der Waals surface area contributed by atoms with E-state index in [1.807, 2.05) is 36.4 Å². The molecule has 10 rings (SSSR count). The highest BCUT2D eigenvalue weighted by Gasteiger charge is 2.46. The number of nitrogens with two attached hydrogens (primary N) is 1. The lowest BCUT2D eigenvalue weighted by Gasteiger charge is -2.34. The van der Waals surface area contributed by atoms with E-state index in [0.29, 0.717) is 12.3 Å². The van der Waals surface area contributed by atoms with E-state index < -0.39 is 5.41 Å². The largest absolute Gasteiger partial charge is 0.383 e. The van der Waals surface area contributed by atoms with Crippen molar-refractivity contribution in [2.24, 2.45) is 10.7 Å². The maximum atomic E-state index is 6.62. The van der Waals surface area contributed by atoms with Crippen molar-refractivity contribution in [1.82, 2.24) is 0 Å². The first-order chi connectivity index (χ1) is 30.1. The Kier molecular flexibility index (Phi) is 10.1. The summed E-state index contributed by atoms with van der Waals surface area (Å²) in [6, 6.07) is 84.8. The summed E-state index contributed by atoms with van der Waals surface area (Å²) >= 11 is 0. The summed E-state index contributed by atoms with van der Waals surface area (Å²) in [4.78, 5) is 5.00. The highest BCUT2D eigenvalue weighted by molar-refractivity contribution is 6.00. The van der Waals surface area contributed by atoms with E-state index in [9.17, 15) is 0 Å². The van der Waals surface area contributed by atoms with Crippen molar-refractivity contribution in [1.29, 1.82) is 0 Å². The zero-order valence-electron chi connectivity index (χ0n) is 33.8. The first kappa shape index (κ1) is 37.5. The number of amidine groups is 1. The Bertz CT molecular complexity index is 2980. The van der Waals surface area contributed by atoms with Gasteiger partial charge in [-0.2, -0.15) is 0 Å². The Morgan fingerprint density at radius 3 is 1.56 bits per heavy atom. The molecule has 0 unspecified atom stereocenters. The molecule has 0 spiro atoms. The predicted octanol–water partition coefficient (Wildman–Crippen LogP) is 14.0. The monoisotopic (exact) mass is 780 g/mol. The van der Waals surface area contributed by atoms with Crippen molar-refractivity contribution in [2.45, 2.75) is 11.8 Å². The van der Waals surface area contributed by atoms with Gasteiger partial charge < -0.3 is 5.73 Å². The van der Waals surface area contributed by atoms with Crippen LogP contribution in [0.4, 0.5) is 0 Å². The van der Waals surface area contributed by atoms with E-state index in [1.165, 1.54) is 66.8 Å². The molecular weight excluding hydrogens is 737 g/mol. The molecule has 0 radical (unpaired) electrons. The van der Waals surface area contributed by atoms with Crippen LogP contribution in [0.25, 0.3) is 50.2 Å². The second-order valence-electron chi connectivity index (χ2n) is 15.7. The quantitative estimate of drug-likeness (QED) is 0.109. The smallest absolute Gasteiger partial charge is 0.131 e. The summed E-state index contributed by atoms with van der Waals surface area (Å²) in [6.07, 6.45) is 2.89. The van der Waals surface area contributed by atoms with Crippen LogP contribution in [-0.4, -0.2) is 5.84 Å². The lowest BCUT2D eigenvalue weighted by atomic mass is 9.67. The first-order valence-electron chi connectivity index (χ1n) is 21.0. The van der Waals surface area contributed by atoms with Crippen molar-refractivity contribution < 1.29 is 0 Å². The number of benzene rings is 9. The Labute approximate surface area is 358 Å². The molecule has 290 valence electrons. The molecule has 61 heavy (non-hydrogen) atoms. The van der Waals surface area contributed by atoms with Gasteiger partial charge in [0, 0.05) is 5.56 Å². The molecule has 0 atom stereocenters. The van der Waals surface area contributed by atoms with Crippen molar-refractivity contribution >= 4 is 11.5 Å². The van der Waals surface area contributed by atoms with E-state index in [1.54, 1.807) is 0 Å². The normalized spacial score (nSPS) is 13.0. The van der Waals surface area contributed by atoms with Crippen LogP contribution in [0, 0.1) is 0 Å². The molecule has 9 aromatic carbocycles. The number of aliphatic imine (C=N–C) groups is 1. The first-order valence-corrected chi connectivity index (χ1v) is 21.0. The summed E-state index contributed by atoms with van der Waals surface area (Å²) < 4.78 is 0. The van der Waals surface area contributed by atoms with Crippen molar-refractivity contribution in [3.05, 3.63) is 282 Å². The van der Waals surface area contributed by atoms with Crippen LogP contribution in [0.1, 0.15) is 38.9 Å². The van der Waals surface area contributed by atoms with Gasteiger partial charge in [0.25, 0.3) is 0 Å². The van der Waals surface area contributed by atoms with E-state index in [-0.39, 0.29) is 0 Å². The van der Waals surface area contributed by atoms with Crippen molar-refractivity contribution in [3.63, 3.8) is 0 Å². The maximum absolute atomic E-state index is 6.62. The van der Waals surface area contributed by atoms with Gasteiger partial charge in [-0.3, -0.25) is 0 Å². The van der Waals surface area contributed by atoms with Crippen LogP contribution in [0.5, 0.6) is 0 Å². The fraction of sp³-hybridized carbons (Fsp3) is 0.0339. The summed E-state index contributed by atoms with van der Waals surface area (Å²) in [5.41, 5.74) is 24.9. The highest BCUT2D eigenvalue weighted by Crippen LogP contribution is 2.56. The van der Waals surface area contributed by atoms with Crippen LogP contribution in [0.3, 0.4) is 0 Å². The lowest BCUT2D eigenvalue weighted by molar-refractivity contribution is 0.769. The highest BCUT2D eigenvalue weighted by atomic mass is 14.9. The van der Waals surface area contributed by atoms with Crippen molar-refractivity contribution in [2.75, 3.05) is 0 Å². The summed E-state index contributed by atoms with van der Waals surface area (Å²) in [5.74, 6) is 0.491. The van der Waals surface area contributed by atoms with Crippen LogP contribution in [-0.2, 0) is 11.8 Å². The number of allylic oxidation sites excluding steroid dienone is 1. The summed E-state index contributed by atoms with van der Waals surface area (Å²) in [5, 5.41) is 0. The molecule has 2 nitrogen and oxygen atoms in total. The van der Waals surface area contributed by atoms with Gasteiger partial charge in [-0.15, -0.1) is 0 Å². The SMILES string of the molecule is NC(=N/C(=C\Cc1cccc(-c2cccc(-c3ccc4c(c3)C(c3ccccc3)(c3ccccc3)c3ccccc3-4)c2)c1)c1ccc(-c2ccccc2)cc1)c1ccccc1. The number of nitrogens with zero attached hydrogens (tertiary/aromatic N) is 1. The van der Waals surface area contributed by atoms with E-state index in [2.05, 4.69) is 206 Å². The van der Waals surface area contributed by atoms with Crippen LogP contribution < -0.4 is 5.73 Å². The zero-order valence-corrected chi connectivity index (χ0v) is 33.8. The lowest BCUT2D eigenvalue weighted by Crippen LogP contribution is -2.28. The van der Waals surface area contributed by atoms with Gasteiger partial charge in [0.1, 0.15) is 5.84 Å². The molecule has 0 amide bonds. The van der Waals surface area contributed by atoms with Gasteiger partial charge in [0.15, 0.2) is 0 Å². The number of hydrogen-bond acceptors (Lipinski definition) is 1. The molecule has 2 heteroatoms. The molecule has 0 fully saturated rings. The molecule has 1 aliphatic carbocycles. The average Bonchev–Trinajstić information content (AvgIpc) is 3.64. The van der Waals surface area contributed by atoms with Gasteiger partial charge in [0.2, 0.25) is 0 Å². The minimum absolute atomic E-state index is 0.442. The average molecular weight is 781 g/mol.